The molecule has 1 atom stereocenters. The van der Waals surface area contributed by atoms with Gasteiger partial charge < -0.3 is 10.6 Å². The number of halogens is 3. The first kappa shape index (κ1) is 18.7. The summed E-state index contributed by atoms with van der Waals surface area (Å²) in [7, 11) is 2.11. The van der Waals surface area contributed by atoms with Gasteiger partial charge in [0.2, 0.25) is 11.4 Å². The van der Waals surface area contributed by atoms with Crippen LogP contribution in [0.5, 0.6) is 0 Å². The first-order chi connectivity index (χ1) is 11.5. The van der Waals surface area contributed by atoms with Gasteiger partial charge in [-0.15, -0.1) is 0 Å². The molecule has 0 aliphatic carbocycles. The summed E-state index contributed by atoms with van der Waals surface area (Å²) >= 11 is 0. The number of amides is 2. The summed E-state index contributed by atoms with van der Waals surface area (Å²) in [4.78, 5) is 48.4. The van der Waals surface area contributed by atoms with Gasteiger partial charge in [0.15, 0.2) is 0 Å². The molecule has 0 aromatic carbocycles. The molecule has 2 N–H and O–H groups in total. The molecule has 0 radical (unpaired) electrons. The van der Waals surface area contributed by atoms with Crippen molar-refractivity contribution in [3.8, 4) is 0 Å². The van der Waals surface area contributed by atoms with Gasteiger partial charge in [-0.3, -0.25) is 23.5 Å². The first-order valence-electron chi connectivity index (χ1n) is 7.48. The number of rotatable bonds is 4. The van der Waals surface area contributed by atoms with Crippen LogP contribution in [0.4, 0.5) is 19.0 Å². The Kier molecular flexibility index (Phi) is 4.53. The lowest BCUT2D eigenvalue weighted by atomic mass is 9.91. The summed E-state index contributed by atoms with van der Waals surface area (Å²) in [6.45, 7) is 1.75. The molecule has 0 unspecified atom stereocenters. The predicted molar refractivity (Wildman–Crippen MR) is 81.0 cm³/mol. The lowest BCUT2D eigenvalue weighted by Gasteiger charge is -2.30. The quantitative estimate of drug-likeness (QED) is 0.793. The lowest BCUT2D eigenvalue weighted by Crippen LogP contribution is -2.62. The minimum absolute atomic E-state index is 0.233. The van der Waals surface area contributed by atoms with Crippen LogP contribution in [-0.4, -0.2) is 27.1 Å². The Labute approximate surface area is 139 Å². The van der Waals surface area contributed by atoms with E-state index in [0.29, 0.717) is 17.4 Å². The van der Waals surface area contributed by atoms with Crippen molar-refractivity contribution in [2.24, 2.45) is 14.1 Å². The molecule has 1 aromatic heterocycles. The van der Waals surface area contributed by atoms with Gasteiger partial charge in [0.1, 0.15) is 11.4 Å². The highest BCUT2D eigenvalue weighted by atomic mass is 19.4. The van der Waals surface area contributed by atoms with Crippen molar-refractivity contribution >= 4 is 17.6 Å². The highest BCUT2D eigenvalue weighted by Gasteiger charge is 2.68. The molecule has 0 bridgehead atoms. The number of anilines is 1. The lowest BCUT2D eigenvalue weighted by molar-refractivity contribution is -0.200. The molecule has 0 spiro atoms. The van der Waals surface area contributed by atoms with Gasteiger partial charge in [0, 0.05) is 20.5 Å². The van der Waals surface area contributed by atoms with E-state index in [-0.39, 0.29) is 6.42 Å². The van der Waals surface area contributed by atoms with Gasteiger partial charge in [-0.25, -0.2) is 4.79 Å². The molecule has 1 aliphatic heterocycles. The second-order valence-electron chi connectivity index (χ2n) is 5.78. The monoisotopic (exact) mass is 362 g/mol. The van der Waals surface area contributed by atoms with Crippen LogP contribution in [-0.2, 0) is 29.2 Å². The van der Waals surface area contributed by atoms with Crippen LogP contribution in [0.15, 0.2) is 9.59 Å². The van der Waals surface area contributed by atoms with Crippen LogP contribution in [0, 0.1) is 0 Å². The normalized spacial score (nSPS) is 19.5. The van der Waals surface area contributed by atoms with E-state index in [9.17, 15) is 32.3 Å². The zero-order valence-corrected chi connectivity index (χ0v) is 13.8. The third-order valence-electron chi connectivity index (χ3n) is 4.12. The zero-order valence-electron chi connectivity index (χ0n) is 13.8. The van der Waals surface area contributed by atoms with E-state index in [2.05, 4.69) is 0 Å². The topological polar surface area (TPSA) is 102 Å². The molecular formula is C14H17F3N4O4. The predicted octanol–water partition coefficient (Wildman–Crippen LogP) is 0.100. The number of nitrogens with one attached hydrogen (secondary N) is 2. The van der Waals surface area contributed by atoms with Crippen molar-refractivity contribution in [2.45, 2.75) is 37.9 Å². The van der Waals surface area contributed by atoms with Crippen molar-refractivity contribution in [1.29, 1.82) is 0 Å². The number of carbonyl (C=O) groups excluding carboxylic acids is 2. The van der Waals surface area contributed by atoms with Gasteiger partial charge in [-0.05, 0) is 6.42 Å². The standard InChI is InChI=1S/C14H17F3N4O4/c1-4-5-6-7(22)19-13(14(15,16)17)8-9(18-11(13)24)20(2)12(25)21(3)10(8)23/h4-6H2,1-3H3,(H,18,24)(H,19,22)/t13-/m0/s1. The number of hydrogen-bond donors (Lipinski definition) is 2. The van der Waals surface area contributed by atoms with E-state index >= 15 is 0 Å². The van der Waals surface area contributed by atoms with E-state index in [0.717, 1.165) is 18.7 Å². The SMILES string of the molecule is CCCCC(=O)N[C@]1(C(F)(F)F)C(=O)Nc2c1c(=O)n(C)c(=O)n2C. The van der Waals surface area contributed by atoms with Crippen molar-refractivity contribution in [3.63, 3.8) is 0 Å². The summed E-state index contributed by atoms with van der Waals surface area (Å²) in [5.74, 6) is -3.22. The van der Waals surface area contributed by atoms with E-state index in [1.165, 1.54) is 0 Å². The van der Waals surface area contributed by atoms with Crippen LogP contribution < -0.4 is 21.9 Å². The van der Waals surface area contributed by atoms with E-state index in [4.69, 9.17) is 0 Å². The molecule has 8 nitrogen and oxygen atoms in total. The molecule has 11 heteroatoms. The Morgan fingerprint density at radius 1 is 1.20 bits per heavy atom. The number of aromatic nitrogens is 2. The summed E-state index contributed by atoms with van der Waals surface area (Å²) in [6.07, 6.45) is -4.64. The Hall–Kier alpha value is -2.59. The molecule has 0 saturated heterocycles. The number of fused-ring (bicyclic) bond motifs is 1. The van der Waals surface area contributed by atoms with Gasteiger partial charge >= 0.3 is 11.9 Å². The van der Waals surface area contributed by atoms with E-state index in [1.807, 2.05) is 5.32 Å². The maximum atomic E-state index is 13.9. The van der Waals surface area contributed by atoms with Crippen molar-refractivity contribution < 1.29 is 22.8 Å². The molecule has 138 valence electrons. The maximum Gasteiger partial charge on any atom is 0.425 e. The van der Waals surface area contributed by atoms with Crippen LogP contribution in [0.1, 0.15) is 31.7 Å². The molecular weight excluding hydrogens is 345 g/mol. The Morgan fingerprint density at radius 3 is 2.32 bits per heavy atom. The molecule has 0 saturated carbocycles. The zero-order chi connectivity index (χ0) is 19.2. The van der Waals surface area contributed by atoms with Gasteiger partial charge in [-0.1, -0.05) is 13.3 Å². The molecule has 0 fully saturated rings. The van der Waals surface area contributed by atoms with Crippen molar-refractivity contribution in [2.75, 3.05) is 5.32 Å². The Bertz CT molecular complexity index is 855. The van der Waals surface area contributed by atoms with E-state index < -0.39 is 46.2 Å². The fourth-order valence-corrected chi connectivity index (χ4v) is 2.71. The van der Waals surface area contributed by atoms with Crippen molar-refractivity contribution in [3.05, 3.63) is 26.4 Å². The fourth-order valence-electron chi connectivity index (χ4n) is 2.71. The molecule has 1 aromatic rings. The number of hydrogen-bond acceptors (Lipinski definition) is 4. The van der Waals surface area contributed by atoms with Crippen LogP contribution in [0.3, 0.4) is 0 Å². The number of nitrogens with zero attached hydrogens (tertiary/aromatic N) is 2. The van der Waals surface area contributed by atoms with E-state index in [1.54, 1.807) is 12.2 Å². The second-order valence-corrected chi connectivity index (χ2v) is 5.78. The molecule has 2 rings (SSSR count). The fraction of sp³-hybridized carbons (Fsp3) is 0.571. The Morgan fingerprint density at radius 2 is 1.80 bits per heavy atom. The van der Waals surface area contributed by atoms with Gasteiger partial charge in [0.25, 0.3) is 11.5 Å². The number of carbonyl (C=O) groups is 2. The summed E-state index contributed by atoms with van der Waals surface area (Å²) in [5.41, 5.74) is -6.75. The smallest absolute Gasteiger partial charge is 0.330 e. The largest absolute Gasteiger partial charge is 0.425 e. The Balaban J connectivity index is 2.77. The van der Waals surface area contributed by atoms with Crippen molar-refractivity contribution in [1.82, 2.24) is 14.5 Å². The van der Waals surface area contributed by atoms with Gasteiger partial charge in [0.05, 0.1) is 0 Å². The minimum atomic E-state index is -5.28. The molecule has 25 heavy (non-hydrogen) atoms. The number of alkyl halides is 3. The van der Waals surface area contributed by atoms with Gasteiger partial charge in [-0.2, -0.15) is 13.2 Å². The number of unbranched alkanes of at least 4 members (excludes halogenated alkanes) is 1. The maximum absolute atomic E-state index is 13.9. The average molecular weight is 362 g/mol. The van der Waals surface area contributed by atoms with Crippen LogP contribution in [0.25, 0.3) is 0 Å². The summed E-state index contributed by atoms with van der Waals surface area (Å²) in [6, 6.07) is 0. The summed E-state index contributed by atoms with van der Waals surface area (Å²) < 4.78 is 42.8. The highest BCUT2D eigenvalue weighted by molar-refractivity contribution is 6.07. The van der Waals surface area contributed by atoms with Crippen LogP contribution >= 0.6 is 0 Å². The highest BCUT2D eigenvalue weighted by Crippen LogP contribution is 2.44. The summed E-state index contributed by atoms with van der Waals surface area (Å²) in [5, 5.41) is 3.59. The second kappa shape index (κ2) is 6.05. The third kappa shape index (κ3) is 2.63. The molecule has 2 heterocycles. The first-order valence-corrected chi connectivity index (χ1v) is 7.48. The molecule has 2 amide bonds. The third-order valence-corrected chi connectivity index (χ3v) is 4.12. The molecule has 1 aliphatic rings. The minimum Gasteiger partial charge on any atom is -0.330 e. The average Bonchev–Trinajstić information content (AvgIpc) is 2.82. The van der Waals surface area contributed by atoms with Crippen LogP contribution in [0.2, 0.25) is 0 Å².